The van der Waals surface area contributed by atoms with E-state index in [4.69, 9.17) is 5.11 Å². The molecule has 17 heavy (non-hydrogen) atoms. The zero-order valence-electron chi connectivity index (χ0n) is 10.4. The number of hydrogen-bond donors (Lipinski definition) is 3. The van der Waals surface area contributed by atoms with Crippen LogP contribution in [0.25, 0.3) is 0 Å². The molecule has 0 saturated heterocycles. The molecule has 1 aliphatic carbocycles. The molecule has 1 aliphatic rings. The van der Waals surface area contributed by atoms with Crippen LogP contribution in [-0.4, -0.2) is 29.7 Å². The highest BCUT2D eigenvalue weighted by Gasteiger charge is 2.21. The van der Waals surface area contributed by atoms with Gasteiger partial charge in [0.2, 0.25) is 0 Å². The molecule has 0 radical (unpaired) electrons. The van der Waals surface area contributed by atoms with E-state index in [9.17, 15) is 9.59 Å². The number of carbonyl (C=O) groups is 2. The summed E-state index contributed by atoms with van der Waals surface area (Å²) in [5, 5.41) is 14.0. The molecule has 3 N–H and O–H groups in total. The third-order valence-electron chi connectivity index (χ3n) is 2.95. The van der Waals surface area contributed by atoms with Gasteiger partial charge in [-0.3, -0.25) is 0 Å². The molecule has 0 aromatic carbocycles. The quantitative estimate of drug-likeness (QED) is 0.567. The van der Waals surface area contributed by atoms with Gasteiger partial charge >= 0.3 is 12.0 Å². The van der Waals surface area contributed by atoms with Crippen molar-refractivity contribution in [2.24, 2.45) is 5.92 Å². The molecule has 2 amide bonds. The average Bonchev–Trinajstić information content (AvgIpc) is 3.07. The van der Waals surface area contributed by atoms with Crippen LogP contribution in [0.4, 0.5) is 4.79 Å². The third kappa shape index (κ3) is 6.14. The van der Waals surface area contributed by atoms with Crippen LogP contribution in [0.15, 0.2) is 0 Å². The van der Waals surface area contributed by atoms with E-state index in [1.807, 2.05) is 6.92 Å². The Morgan fingerprint density at radius 2 is 2.12 bits per heavy atom. The zero-order chi connectivity index (χ0) is 12.7. The highest BCUT2D eigenvalue weighted by atomic mass is 16.4. The summed E-state index contributed by atoms with van der Waals surface area (Å²) in [4.78, 5) is 22.2. The number of carboxylic acids is 1. The molecule has 5 heteroatoms. The predicted molar refractivity (Wildman–Crippen MR) is 64.8 cm³/mol. The number of carboxylic acid groups (broad SMARTS) is 1. The standard InChI is InChI=1S/C12H22N2O3/c1-2-4-10(11(15)16)14-12(17)13-8-3-5-9-6-7-9/h9-10H,2-8H2,1H3,(H,15,16)(H2,13,14,17)/t10-/m1/s1. The Hall–Kier alpha value is -1.26. The van der Waals surface area contributed by atoms with E-state index in [2.05, 4.69) is 10.6 Å². The number of nitrogens with one attached hydrogen (secondary N) is 2. The summed E-state index contributed by atoms with van der Waals surface area (Å²) in [6.45, 7) is 2.52. The van der Waals surface area contributed by atoms with E-state index in [1.165, 1.54) is 12.8 Å². The summed E-state index contributed by atoms with van der Waals surface area (Å²) in [7, 11) is 0. The van der Waals surface area contributed by atoms with Crippen molar-refractivity contribution >= 4 is 12.0 Å². The van der Waals surface area contributed by atoms with E-state index in [0.717, 1.165) is 25.2 Å². The van der Waals surface area contributed by atoms with Gasteiger partial charge in [0.25, 0.3) is 0 Å². The molecule has 0 unspecified atom stereocenters. The SMILES string of the molecule is CCC[C@@H](NC(=O)NCCCC1CC1)C(=O)O. The fourth-order valence-electron chi connectivity index (χ4n) is 1.75. The van der Waals surface area contributed by atoms with Crippen LogP contribution in [0.1, 0.15) is 45.4 Å². The van der Waals surface area contributed by atoms with Crippen molar-refractivity contribution in [3.63, 3.8) is 0 Å². The van der Waals surface area contributed by atoms with Gasteiger partial charge in [-0.05, 0) is 25.2 Å². The van der Waals surface area contributed by atoms with Crippen LogP contribution in [0, 0.1) is 5.92 Å². The van der Waals surface area contributed by atoms with E-state index in [1.54, 1.807) is 0 Å². The maximum atomic E-state index is 11.4. The molecule has 0 spiro atoms. The molecule has 0 aliphatic heterocycles. The van der Waals surface area contributed by atoms with Gasteiger partial charge in [0.05, 0.1) is 0 Å². The molecule has 1 saturated carbocycles. The second-order valence-corrected chi connectivity index (χ2v) is 4.67. The molecule has 1 atom stereocenters. The van der Waals surface area contributed by atoms with E-state index in [-0.39, 0.29) is 6.03 Å². The Kier molecular flexibility index (Phi) is 5.80. The first-order chi connectivity index (χ1) is 8.13. The molecular formula is C12H22N2O3. The highest BCUT2D eigenvalue weighted by molar-refractivity contribution is 5.82. The van der Waals surface area contributed by atoms with Crippen molar-refractivity contribution < 1.29 is 14.7 Å². The van der Waals surface area contributed by atoms with Crippen LogP contribution >= 0.6 is 0 Å². The van der Waals surface area contributed by atoms with Crippen LogP contribution < -0.4 is 10.6 Å². The van der Waals surface area contributed by atoms with Crippen molar-refractivity contribution in [1.29, 1.82) is 0 Å². The normalized spacial score (nSPS) is 16.3. The smallest absolute Gasteiger partial charge is 0.326 e. The summed E-state index contributed by atoms with van der Waals surface area (Å²) in [5.41, 5.74) is 0. The minimum absolute atomic E-state index is 0.373. The van der Waals surface area contributed by atoms with Gasteiger partial charge < -0.3 is 15.7 Å². The lowest BCUT2D eigenvalue weighted by Gasteiger charge is -2.14. The Bertz CT molecular complexity index is 264. The third-order valence-corrected chi connectivity index (χ3v) is 2.95. The number of aliphatic carboxylic acids is 1. The summed E-state index contributed by atoms with van der Waals surface area (Å²) in [6.07, 6.45) is 5.98. The van der Waals surface area contributed by atoms with E-state index >= 15 is 0 Å². The van der Waals surface area contributed by atoms with Crippen LogP contribution in [0.2, 0.25) is 0 Å². The van der Waals surface area contributed by atoms with Gasteiger partial charge in [0, 0.05) is 6.54 Å². The average molecular weight is 242 g/mol. The molecule has 1 rings (SSSR count). The number of amides is 2. The topological polar surface area (TPSA) is 78.4 Å². The van der Waals surface area contributed by atoms with Crippen molar-refractivity contribution in [2.75, 3.05) is 6.54 Å². The minimum atomic E-state index is -0.972. The van der Waals surface area contributed by atoms with E-state index in [0.29, 0.717) is 13.0 Å². The molecule has 0 bridgehead atoms. The first-order valence-corrected chi connectivity index (χ1v) is 6.40. The second-order valence-electron chi connectivity index (χ2n) is 4.67. The first-order valence-electron chi connectivity index (χ1n) is 6.40. The molecule has 5 nitrogen and oxygen atoms in total. The maximum absolute atomic E-state index is 11.4. The lowest BCUT2D eigenvalue weighted by Crippen LogP contribution is -2.46. The fraction of sp³-hybridized carbons (Fsp3) is 0.833. The lowest BCUT2D eigenvalue weighted by molar-refractivity contribution is -0.139. The van der Waals surface area contributed by atoms with Gasteiger partial charge in [0.1, 0.15) is 6.04 Å². The van der Waals surface area contributed by atoms with Gasteiger partial charge in [-0.1, -0.05) is 26.2 Å². The Morgan fingerprint density at radius 1 is 1.41 bits per heavy atom. The largest absolute Gasteiger partial charge is 0.480 e. The molecule has 0 aromatic heterocycles. The van der Waals surface area contributed by atoms with E-state index < -0.39 is 12.0 Å². The number of urea groups is 1. The molecule has 98 valence electrons. The van der Waals surface area contributed by atoms with Gasteiger partial charge in [-0.25, -0.2) is 9.59 Å². The predicted octanol–water partition coefficient (Wildman–Crippen LogP) is 1.73. The summed E-state index contributed by atoms with van der Waals surface area (Å²) in [6, 6.07) is -1.15. The molecule has 0 aromatic rings. The maximum Gasteiger partial charge on any atom is 0.326 e. The van der Waals surface area contributed by atoms with Crippen molar-refractivity contribution in [2.45, 2.75) is 51.5 Å². The lowest BCUT2D eigenvalue weighted by atomic mass is 10.2. The highest BCUT2D eigenvalue weighted by Crippen LogP contribution is 2.33. The first kappa shape index (κ1) is 13.8. The number of carbonyl (C=O) groups excluding carboxylic acids is 1. The molecule has 1 fully saturated rings. The van der Waals surface area contributed by atoms with Crippen LogP contribution in [-0.2, 0) is 4.79 Å². The molecule has 0 heterocycles. The summed E-state index contributed by atoms with van der Waals surface area (Å²) >= 11 is 0. The summed E-state index contributed by atoms with van der Waals surface area (Å²) in [5.74, 6) is -0.105. The van der Waals surface area contributed by atoms with Crippen LogP contribution in [0.5, 0.6) is 0 Å². The fourth-order valence-corrected chi connectivity index (χ4v) is 1.75. The number of rotatable bonds is 8. The van der Waals surface area contributed by atoms with Gasteiger partial charge in [-0.15, -0.1) is 0 Å². The van der Waals surface area contributed by atoms with Gasteiger partial charge in [0.15, 0.2) is 0 Å². The Labute approximate surface area is 102 Å². The monoisotopic (exact) mass is 242 g/mol. The van der Waals surface area contributed by atoms with Crippen molar-refractivity contribution in [1.82, 2.24) is 10.6 Å². The Balaban J connectivity index is 2.09. The molecular weight excluding hydrogens is 220 g/mol. The van der Waals surface area contributed by atoms with Gasteiger partial charge in [-0.2, -0.15) is 0 Å². The zero-order valence-corrected chi connectivity index (χ0v) is 10.4. The van der Waals surface area contributed by atoms with Crippen molar-refractivity contribution in [3.05, 3.63) is 0 Å². The minimum Gasteiger partial charge on any atom is -0.480 e. The Morgan fingerprint density at radius 3 is 2.65 bits per heavy atom. The number of hydrogen-bond acceptors (Lipinski definition) is 2. The van der Waals surface area contributed by atoms with Crippen molar-refractivity contribution in [3.8, 4) is 0 Å². The summed E-state index contributed by atoms with van der Waals surface area (Å²) < 4.78 is 0. The van der Waals surface area contributed by atoms with Crippen LogP contribution in [0.3, 0.4) is 0 Å². The second kappa shape index (κ2) is 7.14.